The van der Waals surface area contributed by atoms with Gasteiger partial charge in [-0.1, -0.05) is 18.5 Å². The Hall–Kier alpha value is -1.35. The summed E-state index contributed by atoms with van der Waals surface area (Å²) in [6.07, 6.45) is 2.89. The summed E-state index contributed by atoms with van der Waals surface area (Å²) in [5.41, 5.74) is 0. The molecule has 0 aromatic carbocycles. The predicted octanol–water partition coefficient (Wildman–Crippen LogP) is 3.35. The van der Waals surface area contributed by atoms with Gasteiger partial charge in [0.2, 0.25) is 5.91 Å². The van der Waals surface area contributed by atoms with E-state index in [-0.39, 0.29) is 22.0 Å². The van der Waals surface area contributed by atoms with Crippen molar-refractivity contribution in [2.45, 2.75) is 30.5 Å². The molecule has 3 heterocycles. The molecule has 0 bridgehead atoms. The number of hydrogen-bond donors (Lipinski definition) is 1. The Kier molecular flexibility index (Phi) is 6.06. The maximum absolute atomic E-state index is 12.6. The van der Waals surface area contributed by atoms with Crippen LogP contribution in [0.1, 0.15) is 25.5 Å². The molecule has 9 heteroatoms. The smallest absolute Gasteiger partial charge is 0.252 e. The van der Waals surface area contributed by atoms with E-state index in [1.165, 1.54) is 4.31 Å². The summed E-state index contributed by atoms with van der Waals surface area (Å²) in [5, 5.41) is 2.87. The van der Waals surface area contributed by atoms with Crippen LogP contribution in [-0.2, 0) is 21.4 Å². The van der Waals surface area contributed by atoms with Crippen molar-refractivity contribution in [1.82, 2.24) is 9.62 Å². The summed E-state index contributed by atoms with van der Waals surface area (Å²) in [6.45, 7) is 3.09. The maximum atomic E-state index is 12.6. The lowest BCUT2D eigenvalue weighted by Crippen LogP contribution is -2.42. The number of thiophene rings is 1. The van der Waals surface area contributed by atoms with Gasteiger partial charge in [0.15, 0.2) is 0 Å². The highest BCUT2D eigenvalue weighted by atomic mass is 35.5. The minimum atomic E-state index is -3.50. The molecule has 142 valence electrons. The second-order valence-corrected chi connectivity index (χ2v) is 10.3. The maximum Gasteiger partial charge on any atom is 0.252 e. The molecular formula is C17H21ClN2O4S2. The molecule has 1 amide bonds. The van der Waals surface area contributed by atoms with Gasteiger partial charge in [-0.3, -0.25) is 4.79 Å². The first-order valence-corrected chi connectivity index (χ1v) is 11.1. The normalized spacial score (nSPS) is 17.9. The summed E-state index contributed by atoms with van der Waals surface area (Å²) >= 11 is 6.92. The van der Waals surface area contributed by atoms with Crippen LogP contribution in [-0.4, -0.2) is 31.7 Å². The van der Waals surface area contributed by atoms with Crippen molar-refractivity contribution in [2.75, 3.05) is 13.1 Å². The molecule has 3 rings (SSSR count). The van der Waals surface area contributed by atoms with Crippen molar-refractivity contribution < 1.29 is 17.6 Å². The molecule has 6 nitrogen and oxygen atoms in total. The molecule has 1 atom stereocenters. The lowest BCUT2D eigenvalue weighted by molar-refractivity contribution is -0.126. The van der Waals surface area contributed by atoms with Gasteiger partial charge in [0.05, 0.1) is 17.1 Å². The average Bonchev–Trinajstić information content (AvgIpc) is 3.31. The first kappa shape index (κ1) is 19.4. The van der Waals surface area contributed by atoms with Gasteiger partial charge in [-0.25, -0.2) is 8.42 Å². The van der Waals surface area contributed by atoms with Crippen LogP contribution in [0, 0.1) is 11.8 Å². The molecule has 1 aliphatic heterocycles. The first-order chi connectivity index (χ1) is 12.4. The third-order valence-corrected chi connectivity index (χ3v) is 8.38. The Morgan fingerprint density at radius 3 is 2.69 bits per heavy atom. The predicted molar refractivity (Wildman–Crippen MR) is 101 cm³/mol. The molecule has 1 aliphatic rings. The van der Waals surface area contributed by atoms with Gasteiger partial charge in [-0.15, -0.1) is 11.3 Å². The summed E-state index contributed by atoms with van der Waals surface area (Å²) in [7, 11) is -3.50. The second-order valence-electron chi connectivity index (χ2n) is 6.39. The SMILES string of the molecule is C[C@@H](C(=O)NCc1ccco1)C1CCN(S(=O)(=O)c2ccc(Cl)s2)CC1. The van der Waals surface area contributed by atoms with E-state index in [1.807, 2.05) is 13.0 Å². The van der Waals surface area contributed by atoms with Crippen molar-refractivity contribution in [3.05, 3.63) is 40.6 Å². The zero-order valence-electron chi connectivity index (χ0n) is 14.4. The van der Waals surface area contributed by atoms with Crippen LogP contribution in [0.3, 0.4) is 0 Å². The molecule has 26 heavy (non-hydrogen) atoms. The number of rotatable bonds is 6. The molecule has 0 radical (unpaired) electrons. The van der Waals surface area contributed by atoms with Crippen LogP contribution >= 0.6 is 22.9 Å². The fraction of sp³-hybridized carbons (Fsp3) is 0.471. The van der Waals surface area contributed by atoms with Gasteiger partial charge < -0.3 is 9.73 Å². The van der Waals surface area contributed by atoms with Gasteiger partial charge in [-0.05, 0) is 43.0 Å². The monoisotopic (exact) mass is 416 g/mol. The van der Waals surface area contributed by atoms with Gasteiger partial charge in [0, 0.05) is 19.0 Å². The second kappa shape index (κ2) is 8.12. The van der Waals surface area contributed by atoms with Crippen molar-refractivity contribution in [3.63, 3.8) is 0 Å². The van der Waals surface area contributed by atoms with Crippen molar-refractivity contribution in [2.24, 2.45) is 11.8 Å². The van der Waals surface area contributed by atoms with E-state index in [9.17, 15) is 13.2 Å². The molecule has 2 aromatic heterocycles. The molecule has 0 unspecified atom stereocenters. The zero-order valence-corrected chi connectivity index (χ0v) is 16.7. The molecule has 0 saturated carbocycles. The van der Waals surface area contributed by atoms with Gasteiger partial charge in [-0.2, -0.15) is 4.31 Å². The van der Waals surface area contributed by atoms with E-state index in [0.717, 1.165) is 11.3 Å². The van der Waals surface area contributed by atoms with E-state index in [2.05, 4.69) is 5.32 Å². The fourth-order valence-corrected chi connectivity index (χ4v) is 6.25. The van der Waals surface area contributed by atoms with Gasteiger partial charge in [0.25, 0.3) is 10.0 Å². The highest BCUT2D eigenvalue weighted by Crippen LogP contribution is 2.32. The van der Waals surface area contributed by atoms with E-state index >= 15 is 0 Å². The van der Waals surface area contributed by atoms with E-state index in [0.29, 0.717) is 42.6 Å². The number of sulfonamides is 1. The van der Waals surface area contributed by atoms with Crippen LogP contribution in [0.4, 0.5) is 0 Å². The van der Waals surface area contributed by atoms with E-state index < -0.39 is 10.0 Å². The lowest BCUT2D eigenvalue weighted by atomic mass is 9.85. The Morgan fingerprint density at radius 1 is 1.38 bits per heavy atom. The number of nitrogens with one attached hydrogen (secondary N) is 1. The topological polar surface area (TPSA) is 79.6 Å². The summed E-state index contributed by atoms with van der Waals surface area (Å²) in [5.74, 6) is 0.657. The average molecular weight is 417 g/mol. The minimum absolute atomic E-state index is 0.0345. The van der Waals surface area contributed by atoms with Crippen LogP contribution in [0.5, 0.6) is 0 Å². The molecule has 0 spiro atoms. The molecule has 1 N–H and O–H groups in total. The number of amides is 1. The molecule has 1 fully saturated rings. The molecule has 1 saturated heterocycles. The number of piperidine rings is 1. The fourth-order valence-electron chi connectivity index (χ4n) is 3.14. The number of nitrogens with zero attached hydrogens (tertiary/aromatic N) is 1. The Morgan fingerprint density at radius 2 is 2.12 bits per heavy atom. The van der Waals surface area contributed by atoms with Crippen LogP contribution < -0.4 is 5.32 Å². The van der Waals surface area contributed by atoms with Crippen molar-refractivity contribution in [1.29, 1.82) is 0 Å². The van der Waals surface area contributed by atoms with Crippen LogP contribution in [0.15, 0.2) is 39.2 Å². The van der Waals surface area contributed by atoms with Crippen LogP contribution in [0.2, 0.25) is 4.34 Å². The Labute approximate surface area is 162 Å². The third-order valence-electron chi connectivity index (χ3n) is 4.78. The summed E-state index contributed by atoms with van der Waals surface area (Å²) in [6, 6.07) is 6.73. The van der Waals surface area contributed by atoms with Gasteiger partial charge >= 0.3 is 0 Å². The highest BCUT2D eigenvalue weighted by molar-refractivity contribution is 7.91. The number of furan rings is 1. The Bertz CT molecular complexity index is 840. The number of carbonyl (C=O) groups is 1. The number of carbonyl (C=O) groups excluding carboxylic acids is 1. The number of hydrogen-bond acceptors (Lipinski definition) is 5. The minimum Gasteiger partial charge on any atom is -0.467 e. The third kappa shape index (κ3) is 4.31. The van der Waals surface area contributed by atoms with Crippen molar-refractivity contribution >= 4 is 38.9 Å². The van der Waals surface area contributed by atoms with E-state index in [1.54, 1.807) is 24.5 Å². The van der Waals surface area contributed by atoms with Crippen molar-refractivity contribution in [3.8, 4) is 0 Å². The van der Waals surface area contributed by atoms with Gasteiger partial charge in [0.1, 0.15) is 9.97 Å². The summed E-state index contributed by atoms with van der Waals surface area (Å²) < 4.78 is 32.7. The highest BCUT2D eigenvalue weighted by Gasteiger charge is 2.34. The standard InChI is InChI=1S/C17H21ClN2O4S2/c1-12(17(21)19-11-14-3-2-10-24-14)13-6-8-20(9-7-13)26(22,23)16-5-4-15(18)25-16/h2-5,10,12-13H,6-9,11H2,1H3,(H,19,21)/t12-/m1/s1. The lowest BCUT2D eigenvalue weighted by Gasteiger charge is -2.33. The quantitative estimate of drug-likeness (QED) is 0.783. The molecule has 2 aromatic rings. The number of halogens is 1. The zero-order chi connectivity index (χ0) is 18.7. The summed E-state index contributed by atoms with van der Waals surface area (Å²) in [4.78, 5) is 12.3. The Balaban J connectivity index is 1.53. The largest absolute Gasteiger partial charge is 0.467 e. The first-order valence-electron chi connectivity index (χ1n) is 8.43. The van der Waals surface area contributed by atoms with E-state index in [4.69, 9.17) is 16.0 Å². The molecular weight excluding hydrogens is 396 g/mol. The van der Waals surface area contributed by atoms with Crippen LogP contribution in [0.25, 0.3) is 0 Å². The molecule has 0 aliphatic carbocycles.